The van der Waals surface area contributed by atoms with E-state index in [1.807, 2.05) is 18.2 Å². The summed E-state index contributed by atoms with van der Waals surface area (Å²) in [6.45, 7) is 7.30. The molecule has 172 valence electrons. The van der Waals surface area contributed by atoms with E-state index in [4.69, 9.17) is 0 Å². The molecule has 2 unspecified atom stereocenters. The summed E-state index contributed by atoms with van der Waals surface area (Å²) in [5.74, 6) is -0.0337. The van der Waals surface area contributed by atoms with Crippen LogP contribution in [0.2, 0.25) is 0 Å². The summed E-state index contributed by atoms with van der Waals surface area (Å²) in [5.41, 5.74) is -0.892. The predicted octanol–water partition coefficient (Wildman–Crippen LogP) is 3.15. The lowest BCUT2D eigenvalue weighted by Gasteiger charge is -2.30. The molecular formula is C19H27F3N6O2S. The minimum absolute atomic E-state index is 0.0175. The highest BCUT2D eigenvalue weighted by molar-refractivity contribution is 7.82. The molecule has 2 aromatic heterocycles. The number of hydrogen-bond acceptors (Lipinski definition) is 6. The Labute approximate surface area is 181 Å². The molecule has 1 aliphatic heterocycles. The maximum Gasteiger partial charge on any atom is 0.419 e. The topological polar surface area (TPSA) is 93.0 Å². The van der Waals surface area contributed by atoms with Gasteiger partial charge in [0.05, 0.1) is 23.2 Å². The fraction of sp³-hybridized carbons (Fsp3) is 0.579. The van der Waals surface area contributed by atoms with Crippen LogP contribution in [0.25, 0.3) is 0 Å². The van der Waals surface area contributed by atoms with Crippen molar-refractivity contribution in [3.63, 3.8) is 0 Å². The standard InChI is InChI=1S/C17H21F3N6O2S.C2H6/c1-12(11-27)9-25-10-15(8-23-25)29(28)26-4-2-14(3-5-26)24-16-21-6-13(7-22-16)17(18,19)20;1-2/h6-8,10-12,14H,2-5,9H2,1H3,(H,21,22,24);1-2H3. The van der Waals surface area contributed by atoms with Gasteiger partial charge in [-0.3, -0.25) is 4.68 Å². The number of rotatable bonds is 7. The van der Waals surface area contributed by atoms with Crippen LogP contribution >= 0.6 is 0 Å². The van der Waals surface area contributed by atoms with Crippen molar-refractivity contribution in [2.24, 2.45) is 5.92 Å². The Kier molecular flexibility index (Phi) is 9.11. The van der Waals surface area contributed by atoms with Gasteiger partial charge in [0.2, 0.25) is 5.95 Å². The Bertz CT molecular complexity index is 851. The molecule has 0 radical (unpaired) electrons. The van der Waals surface area contributed by atoms with E-state index in [2.05, 4.69) is 20.4 Å². The molecule has 0 aliphatic carbocycles. The van der Waals surface area contributed by atoms with Crippen molar-refractivity contribution in [3.8, 4) is 0 Å². The summed E-state index contributed by atoms with van der Waals surface area (Å²) in [6.07, 6.45) is 2.39. The van der Waals surface area contributed by atoms with Gasteiger partial charge in [0.15, 0.2) is 0 Å². The molecule has 31 heavy (non-hydrogen) atoms. The van der Waals surface area contributed by atoms with Crippen molar-refractivity contribution in [1.82, 2.24) is 24.1 Å². The maximum absolute atomic E-state index is 12.7. The van der Waals surface area contributed by atoms with Gasteiger partial charge >= 0.3 is 6.18 Å². The first kappa shape index (κ1) is 24.9. The Hall–Kier alpha value is -2.34. The normalized spacial score (nSPS) is 17.4. The van der Waals surface area contributed by atoms with Crippen molar-refractivity contribution in [3.05, 3.63) is 30.4 Å². The number of carbonyl (C=O) groups is 1. The number of halogens is 3. The number of nitrogens with zero attached hydrogens (tertiary/aromatic N) is 5. The lowest BCUT2D eigenvalue weighted by Crippen LogP contribution is -2.40. The van der Waals surface area contributed by atoms with Gasteiger partial charge in [-0.1, -0.05) is 20.8 Å². The molecule has 3 rings (SSSR count). The number of alkyl halides is 3. The van der Waals surface area contributed by atoms with E-state index in [9.17, 15) is 22.2 Å². The first-order valence-electron chi connectivity index (χ1n) is 10.1. The van der Waals surface area contributed by atoms with Crippen molar-refractivity contribution < 1.29 is 22.2 Å². The van der Waals surface area contributed by atoms with Crippen LogP contribution in [0.1, 0.15) is 39.2 Å². The average Bonchev–Trinajstić information content (AvgIpc) is 3.23. The summed E-state index contributed by atoms with van der Waals surface area (Å²) in [6, 6.07) is -0.0175. The van der Waals surface area contributed by atoms with Gasteiger partial charge in [-0.25, -0.2) is 18.5 Å². The minimum Gasteiger partial charge on any atom is -0.351 e. The largest absolute Gasteiger partial charge is 0.419 e. The fourth-order valence-corrected chi connectivity index (χ4v) is 4.11. The molecule has 12 heteroatoms. The third-order valence-corrected chi connectivity index (χ3v) is 5.97. The maximum atomic E-state index is 12.7. The number of nitrogens with one attached hydrogen (secondary N) is 1. The van der Waals surface area contributed by atoms with Crippen LogP contribution in [-0.2, 0) is 28.5 Å². The van der Waals surface area contributed by atoms with Crippen LogP contribution in [0, 0.1) is 5.92 Å². The molecule has 1 saturated heterocycles. The summed E-state index contributed by atoms with van der Waals surface area (Å²) in [5, 5.41) is 7.17. The SMILES string of the molecule is CC.CC(C=O)Cn1cc(S(=O)N2CCC(Nc3ncc(C(F)(F)F)cn3)CC2)cn1. The lowest BCUT2D eigenvalue weighted by molar-refractivity contribution is -0.138. The van der Waals surface area contributed by atoms with Crippen LogP contribution < -0.4 is 5.32 Å². The van der Waals surface area contributed by atoms with Gasteiger partial charge in [-0.15, -0.1) is 0 Å². The fourth-order valence-electron chi connectivity index (χ4n) is 2.92. The van der Waals surface area contributed by atoms with Crippen LogP contribution in [0.4, 0.5) is 19.1 Å². The van der Waals surface area contributed by atoms with Gasteiger partial charge in [-0.05, 0) is 12.8 Å². The van der Waals surface area contributed by atoms with Crippen molar-refractivity contribution >= 4 is 23.2 Å². The van der Waals surface area contributed by atoms with E-state index in [-0.39, 0.29) is 17.9 Å². The summed E-state index contributed by atoms with van der Waals surface area (Å²) in [7, 11) is -1.36. The Morgan fingerprint density at radius 1 is 1.23 bits per heavy atom. The second-order valence-electron chi connectivity index (χ2n) is 6.90. The zero-order valence-corrected chi connectivity index (χ0v) is 18.5. The molecule has 2 atom stereocenters. The second kappa shape index (κ2) is 11.3. The van der Waals surface area contributed by atoms with Gasteiger partial charge in [0.1, 0.15) is 17.3 Å². The van der Waals surface area contributed by atoms with Crippen LogP contribution in [0.15, 0.2) is 29.7 Å². The Morgan fingerprint density at radius 3 is 2.39 bits per heavy atom. The highest BCUT2D eigenvalue weighted by atomic mass is 32.2. The third-order valence-electron chi connectivity index (χ3n) is 4.52. The van der Waals surface area contributed by atoms with Gasteiger partial charge in [0.25, 0.3) is 0 Å². The second-order valence-corrected chi connectivity index (χ2v) is 8.39. The van der Waals surface area contributed by atoms with Gasteiger partial charge in [-0.2, -0.15) is 18.3 Å². The number of aromatic nitrogens is 4. The molecule has 1 N–H and O–H groups in total. The first-order valence-corrected chi connectivity index (χ1v) is 11.2. The molecule has 1 aliphatic rings. The smallest absolute Gasteiger partial charge is 0.351 e. The minimum atomic E-state index is -4.47. The van der Waals surface area contributed by atoms with Gasteiger partial charge in [0, 0.05) is 43.6 Å². The highest BCUT2D eigenvalue weighted by Crippen LogP contribution is 2.28. The first-order chi connectivity index (χ1) is 14.8. The van der Waals surface area contributed by atoms with Crippen molar-refractivity contribution in [2.45, 2.75) is 57.3 Å². The van der Waals surface area contributed by atoms with E-state index < -0.39 is 22.7 Å². The molecule has 0 bridgehead atoms. The molecule has 0 aromatic carbocycles. The number of aldehydes is 1. The molecular weight excluding hydrogens is 433 g/mol. The Morgan fingerprint density at radius 2 is 1.84 bits per heavy atom. The zero-order valence-electron chi connectivity index (χ0n) is 17.7. The van der Waals surface area contributed by atoms with E-state index in [1.165, 1.54) is 6.20 Å². The molecule has 1 fully saturated rings. The number of hydrogen-bond donors (Lipinski definition) is 1. The third kappa shape index (κ3) is 7.10. The van der Waals surface area contributed by atoms with E-state index >= 15 is 0 Å². The molecule has 0 amide bonds. The van der Waals surface area contributed by atoms with Gasteiger partial charge < -0.3 is 10.1 Å². The van der Waals surface area contributed by atoms with Crippen LogP contribution in [-0.4, -0.2) is 53.7 Å². The van der Waals surface area contributed by atoms with E-state index in [0.29, 0.717) is 37.4 Å². The highest BCUT2D eigenvalue weighted by Gasteiger charge is 2.31. The van der Waals surface area contributed by atoms with E-state index in [1.54, 1.807) is 17.8 Å². The lowest BCUT2D eigenvalue weighted by atomic mass is 10.1. The molecule has 2 aromatic rings. The summed E-state index contributed by atoms with van der Waals surface area (Å²) < 4.78 is 53.8. The van der Waals surface area contributed by atoms with E-state index in [0.717, 1.165) is 18.7 Å². The number of carbonyl (C=O) groups excluding carboxylic acids is 1. The quantitative estimate of drug-likeness (QED) is 0.638. The van der Waals surface area contributed by atoms with Crippen LogP contribution in [0.5, 0.6) is 0 Å². The molecule has 8 nitrogen and oxygen atoms in total. The summed E-state index contributed by atoms with van der Waals surface area (Å²) in [4.78, 5) is 18.8. The van der Waals surface area contributed by atoms with Crippen molar-refractivity contribution in [2.75, 3.05) is 18.4 Å². The predicted molar refractivity (Wildman–Crippen MR) is 110 cm³/mol. The molecule has 0 spiro atoms. The summed E-state index contributed by atoms with van der Waals surface area (Å²) >= 11 is 0. The Balaban J connectivity index is 0.00000166. The number of piperidine rings is 1. The molecule has 0 saturated carbocycles. The zero-order chi connectivity index (χ0) is 23.0. The number of anilines is 1. The monoisotopic (exact) mass is 460 g/mol. The van der Waals surface area contributed by atoms with Crippen LogP contribution in [0.3, 0.4) is 0 Å². The average molecular weight is 461 g/mol. The van der Waals surface area contributed by atoms with Crippen molar-refractivity contribution in [1.29, 1.82) is 0 Å². The molecule has 3 heterocycles.